The first-order chi connectivity index (χ1) is 32.1. The van der Waals surface area contributed by atoms with Gasteiger partial charge in [0.15, 0.2) is 5.78 Å². The molecule has 7 heterocycles. The predicted molar refractivity (Wildman–Crippen MR) is 241 cm³/mol. The molecule has 4 N–H and O–H groups in total. The highest BCUT2D eigenvalue weighted by atomic mass is 35.5. The number of Topliss-reactive ketones (excluding diaryl/α,β-unsaturated/α-hetero) is 1. The summed E-state index contributed by atoms with van der Waals surface area (Å²) in [6.45, 7) is 12.3. The molecule has 2 saturated heterocycles. The van der Waals surface area contributed by atoms with Gasteiger partial charge in [0.1, 0.15) is 57.1 Å². The normalized spacial score (nSPS) is 20.5. The highest BCUT2D eigenvalue weighted by Gasteiger charge is 2.34. The van der Waals surface area contributed by atoms with Crippen LogP contribution in [-0.4, -0.2) is 85.4 Å². The Morgan fingerprint density at radius 3 is 1.71 bits per heavy atom. The third-order valence-electron chi connectivity index (χ3n) is 10.5. The zero-order valence-electron chi connectivity index (χ0n) is 38.1. The number of carbonyl (C=O) groups excluding carboxylic acids is 3. The van der Waals surface area contributed by atoms with Crippen molar-refractivity contribution in [1.82, 2.24) is 24.3 Å². The van der Waals surface area contributed by atoms with Crippen LogP contribution in [0.3, 0.4) is 0 Å². The van der Waals surface area contributed by atoms with E-state index < -0.39 is 35.6 Å². The molecule has 68 heavy (non-hydrogen) atoms. The number of rotatable bonds is 11. The number of hydrogen-bond donors (Lipinski definition) is 3. The van der Waals surface area contributed by atoms with Crippen molar-refractivity contribution >= 4 is 52.0 Å². The molecule has 7 rings (SSSR count). The van der Waals surface area contributed by atoms with Crippen LogP contribution in [0.1, 0.15) is 111 Å². The van der Waals surface area contributed by atoms with Crippen LogP contribution in [0, 0.1) is 5.92 Å². The van der Waals surface area contributed by atoms with Crippen molar-refractivity contribution in [2.24, 2.45) is 5.92 Å². The molecule has 5 atom stereocenters. The number of anilines is 3. The summed E-state index contributed by atoms with van der Waals surface area (Å²) in [5.41, 5.74) is 4.59. The number of ether oxygens (including phenoxy) is 4. The molecular weight excluding hydrogens is 926 g/mol. The Balaban J connectivity index is 0.000000213. The largest absolute Gasteiger partial charge is 0.491 e. The fraction of sp³-hybridized carbons (Fsp3) is 0.457. The summed E-state index contributed by atoms with van der Waals surface area (Å²) in [5.74, 6) is -0.0894. The number of nitrogen functional groups attached to an aromatic ring is 1. The molecule has 0 spiro atoms. The molecular formula is C46H53ClF6N8O7. The minimum Gasteiger partial charge on any atom is -0.491 e. The van der Waals surface area contributed by atoms with E-state index in [-0.39, 0.29) is 76.6 Å². The monoisotopic (exact) mass is 978 g/mol. The summed E-state index contributed by atoms with van der Waals surface area (Å²) in [6.07, 6.45) is -0.417. The Morgan fingerprint density at radius 1 is 0.735 bits per heavy atom. The highest BCUT2D eigenvalue weighted by molar-refractivity contribution is 6.27. The summed E-state index contributed by atoms with van der Waals surface area (Å²) in [6, 6.07) is 9.37. The van der Waals surface area contributed by atoms with Gasteiger partial charge in [-0.25, -0.2) is 19.9 Å². The molecule has 3 unspecified atom stereocenters. The Morgan fingerprint density at radius 2 is 1.22 bits per heavy atom. The van der Waals surface area contributed by atoms with Crippen molar-refractivity contribution in [2.75, 3.05) is 35.5 Å². The number of nitrogens with two attached hydrogens (primary N) is 1. The molecule has 2 aliphatic heterocycles. The molecule has 2 aliphatic rings. The van der Waals surface area contributed by atoms with Gasteiger partial charge in [-0.05, 0) is 91.5 Å². The smallest absolute Gasteiger partial charge is 0.433 e. The Labute approximate surface area is 393 Å². The molecule has 0 radical (unpaired) electrons. The summed E-state index contributed by atoms with van der Waals surface area (Å²) < 4.78 is 101. The van der Waals surface area contributed by atoms with E-state index in [4.69, 9.17) is 41.3 Å². The second-order valence-electron chi connectivity index (χ2n) is 16.1. The van der Waals surface area contributed by atoms with Crippen LogP contribution in [0.4, 0.5) is 43.5 Å². The van der Waals surface area contributed by atoms with Gasteiger partial charge < -0.3 is 39.7 Å². The van der Waals surface area contributed by atoms with Crippen molar-refractivity contribution in [3.05, 3.63) is 95.6 Å². The van der Waals surface area contributed by atoms with Crippen LogP contribution in [-0.2, 0) is 26.6 Å². The number of pyridine rings is 4. The minimum absolute atomic E-state index is 0.126. The van der Waals surface area contributed by atoms with Crippen LogP contribution in [0.2, 0.25) is 0 Å². The molecule has 368 valence electrons. The third-order valence-corrected chi connectivity index (χ3v) is 10.8. The first-order valence-electron chi connectivity index (χ1n) is 21.7. The van der Waals surface area contributed by atoms with E-state index in [0.29, 0.717) is 30.3 Å². The lowest BCUT2D eigenvalue weighted by atomic mass is 9.90. The number of carbonyl (C=O) groups is 3. The summed E-state index contributed by atoms with van der Waals surface area (Å²) >= 11 is 5.49. The number of fused-ring (bicyclic) bond motifs is 1. The van der Waals surface area contributed by atoms with Gasteiger partial charge >= 0.3 is 12.4 Å². The standard InChI is InChI=1S/C23H25F3N4O3.C14H13F3N4O2.C9H15ClO2/c1-4-32-19-10-21-28-17(15-8-13(2)33-14(3)9-15)11-30(21)12-18(19)29-22(31)16-6-5-7-20(27-16)23(24,25)26;1-2-23-10-6-12(18)19-7-9(10)21-13(22)8-4-3-5-11(20-8)14(15,16)17;1-6-3-8(9(11)5-10)4-7(2)12-6/h5-7,10-15H,4,8-9H2,1-3H3,(H,29,31);3-7H,2H2,1H3,(H2,18,19)(H,21,22);6-8H,3-5H2,1-2H3/t13-,14+,15?;;. The van der Waals surface area contributed by atoms with Crippen LogP contribution in [0.5, 0.6) is 11.5 Å². The van der Waals surface area contributed by atoms with E-state index in [2.05, 4.69) is 25.6 Å². The predicted octanol–water partition coefficient (Wildman–Crippen LogP) is 9.80. The second kappa shape index (κ2) is 23.3. The lowest BCUT2D eigenvalue weighted by molar-refractivity contribution is -0.142. The Hall–Kier alpha value is -6.06. The molecule has 2 amide bonds. The van der Waals surface area contributed by atoms with E-state index in [0.717, 1.165) is 55.6 Å². The number of imidazole rings is 1. The lowest BCUT2D eigenvalue weighted by Gasteiger charge is -2.31. The first-order valence-corrected chi connectivity index (χ1v) is 22.3. The van der Waals surface area contributed by atoms with Crippen molar-refractivity contribution < 1.29 is 59.7 Å². The van der Waals surface area contributed by atoms with Gasteiger partial charge in [0.2, 0.25) is 0 Å². The van der Waals surface area contributed by atoms with Crippen LogP contribution in [0.15, 0.2) is 67.1 Å². The number of nitrogens with zero attached hydrogens (tertiary/aromatic N) is 5. The van der Waals surface area contributed by atoms with Gasteiger partial charge in [0.05, 0.1) is 55.4 Å². The van der Waals surface area contributed by atoms with Gasteiger partial charge in [0, 0.05) is 36.4 Å². The second-order valence-corrected chi connectivity index (χ2v) is 16.4. The Bertz CT molecular complexity index is 2510. The quantitative estimate of drug-likeness (QED) is 0.0839. The molecule has 22 heteroatoms. The topological polar surface area (TPSA) is 194 Å². The maximum Gasteiger partial charge on any atom is 0.433 e. The van der Waals surface area contributed by atoms with Crippen molar-refractivity contribution in [1.29, 1.82) is 0 Å². The first kappa shape index (κ1) is 52.9. The van der Waals surface area contributed by atoms with Crippen molar-refractivity contribution in [3.63, 3.8) is 0 Å². The van der Waals surface area contributed by atoms with Crippen molar-refractivity contribution in [2.45, 2.75) is 110 Å². The number of ketones is 1. The number of halogens is 7. The summed E-state index contributed by atoms with van der Waals surface area (Å²) in [5, 5.41) is 5.03. The van der Waals surface area contributed by atoms with Crippen molar-refractivity contribution in [3.8, 4) is 11.5 Å². The molecule has 0 aromatic carbocycles. The van der Waals surface area contributed by atoms with E-state index in [1.54, 1.807) is 30.5 Å². The number of nitrogens with one attached hydrogen (secondary N) is 2. The summed E-state index contributed by atoms with van der Waals surface area (Å²) in [4.78, 5) is 51.3. The summed E-state index contributed by atoms with van der Waals surface area (Å²) in [7, 11) is 0. The van der Waals surface area contributed by atoms with E-state index in [9.17, 15) is 40.7 Å². The SMILES string of the molecule is CC1CC(C(=O)CCl)CC(C)O1.CCOc1cc(N)ncc1NC(=O)c1cccc(C(F)(F)F)n1.CCOc1cc2nc(C3C[C@@H](C)O[C@@H](C)C3)cn2cc1NC(=O)c1cccc(C(F)(F)F)n1. The molecule has 0 aliphatic carbocycles. The zero-order chi connectivity index (χ0) is 49.9. The average molecular weight is 979 g/mol. The van der Waals surface area contributed by atoms with Crippen LogP contribution >= 0.6 is 11.6 Å². The number of alkyl halides is 7. The maximum atomic E-state index is 13.0. The fourth-order valence-corrected chi connectivity index (χ4v) is 7.87. The number of aromatic nitrogens is 5. The fourth-order valence-electron chi connectivity index (χ4n) is 7.66. The lowest BCUT2D eigenvalue weighted by Crippen LogP contribution is -2.33. The van der Waals surface area contributed by atoms with Crippen LogP contribution in [0.25, 0.3) is 5.65 Å². The minimum atomic E-state index is -4.64. The molecule has 0 bridgehead atoms. The number of hydrogen-bond acceptors (Lipinski definition) is 12. The van der Waals surface area contributed by atoms with Gasteiger partial charge in [-0.2, -0.15) is 26.3 Å². The number of amides is 2. The van der Waals surface area contributed by atoms with E-state index >= 15 is 0 Å². The van der Waals surface area contributed by atoms with Crippen LogP contribution < -0.4 is 25.8 Å². The van der Waals surface area contributed by atoms with Gasteiger partial charge in [0.25, 0.3) is 11.8 Å². The van der Waals surface area contributed by atoms with Gasteiger partial charge in [-0.1, -0.05) is 12.1 Å². The molecule has 0 saturated carbocycles. The molecule has 15 nitrogen and oxygen atoms in total. The maximum absolute atomic E-state index is 13.0. The van der Waals surface area contributed by atoms with E-state index in [1.165, 1.54) is 24.4 Å². The molecule has 5 aromatic rings. The zero-order valence-corrected chi connectivity index (χ0v) is 38.8. The third kappa shape index (κ3) is 14.7. The Kier molecular flexibility index (Phi) is 18.1. The average Bonchev–Trinajstić information content (AvgIpc) is 3.69. The van der Waals surface area contributed by atoms with Gasteiger partial charge in [-0.3, -0.25) is 14.4 Å². The van der Waals surface area contributed by atoms with E-state index in [1.807, 2.05) is 33.9 Å². The van der Waals surface area contributed by atoms with Gasteiger partial charge in [-0.15, -0.1) is 11.6 Å². The molecule has 2 fully saturated rings. The molecule has 5 aromatic heterocycles. The highest BCUT2D eigenvalue weighted by Crippen LogP contribution is 2.35.